The van der Waals surface area contributed by atoms with Crippen LogP contribution in [0.1, 0.15) is 49.0 Å². The van der Waals surface area contributed by atoms with E-state index in [9.17, 15) is 14.0 Å². The first kappa shape index (κ1) is 25.8. The van der Waals surface area contributed by atoms with Gasteiger partial charge in [0.25, 0.3) is 5.91 Å². The van der Waals surface area contributed by atoms with Crippen LogP contribution in [0.2, 0.25) is 5.02 Å². The second-order valence-electron chi connectivity index (χ2n) is 9.67. The molecule has 0 aliphatic carbocycles. The fourth-order valence-electron chi connectivity index (χ4n) is 4.32. The first-order chi connectivity index (χ1) is 16.1. The SMILES string of the molecule is CC1(C)CCC(C(=O)C(N)=NC(N)Cc2ccccc2F)CCN(C(=O)c2cccc(Cl)c2)C1. The maximum Gasteiger partial charge on any atom is 0.253 e. The zero-order valence-corrected chi connectivity index (χ0v) is 20.4. The third-order valence-electron chi connectivity index (χ3n) is 6.21. The number of amidine groups is 1. The molecule has 0 saturated carbocycles. The number of carbonyl (C=O) groups is 2. The minimum absolute atomic E-state index is 0.114. The fourth-order valence-corrected chi connectivity index (χ4v) is 4.51. The lowest BCUT2D eigenvalue weighted by molar-refractivity contribution is -0.117. The van der Waals surface area contributed by atoms with Crippen molar-refractivity contribution < 1.29 is 14.0 Å². The van der Waals surface area contributed by atoms with E-state index in [1.54, 1.807) is 47.4 Å². The average Bonchev–Trinajstić information content (AvgIpc) is 2.77. The number of rotatable bonds is 6. The van der Waals surface area contributed by atoms with Crippen LogP contribution in [0.15, 0.2) is 53.5 Å². The molecule has 2 atom stereocenters. The van der Waals surface area contributed by atoms with Crippen LogP contribution in [-0.4, -0.2) is 41.7 Å². The molecule has 0 bridgehead atoms. The van der Waals surface area contributed by atoms with E-state index >= 15 is 0 Å². The summed E-state index contributed by atoms with van der Waals surface area (Å²) in [4.78, 5) is 32.2. The summed E-state index contributed by atoms with van der Waals surface area (Å²) in [6, 6.07) is 13.2. The Labute approximate surface area is 205 Å². The lowest BCUT2D eigenvalue weighted by Gasteiger charge is -2.37. The van der Waals surface area contributed by atoms with Crippen molar-refractivity contribution in [2.75, 3.05) is 13.1 Å². The highest BCUT2D eigenvalue weighted by atomic mass is 35.5. The zero-order chi connectivity index (χ0) is 24.9. The van der Waals surface area contributed by atoms with E-state index in [4.69, 9.17) is 23.1 Å². The summed E-state index contributed by atoms with van der Waals surface area (Å²) >= 11 is 6.07. The van der Waals surface area contributed by atoms with E-state index < -0.39 is 6.17 Å². The number of hydrogen-bond donors (Lipinski definition) is 2. The number of Topliss-reactive ketones (excluding diaryl/α,β-unsaturated/α-hetero) is 1. The Balaban J connectivity index is 1.71. The van der Waals surface area contributed by atoms with Crippen LogP contribution < -0.4 is 11.5 Å². The molecule has 2 aromatic carbocycles. The van der Waals surface area contributed by atoms with Gasteiger partial charge in [0.05, 0.1) is 0 Å². The van der Waals surface area contributed by atoms with E-state index in [0.717, 1.165) is 6.42 Å². The number of ketones is 1. The molecule has 0 aromatic heterocycles. The molecule has 2 unspecified atom stereocenters. The lowest BCUT2D eigenvalue weighted by atomic mass is 9.80. The molecule has 182 valence electrons. The molecule has 0 spiro atoms. The van der Waals surface area contributed by atoms with Gasteiger partial charge in [0.2, 0.25) is 0 Å². The summed E-state index contributed by atoms with van der Waals surface area (Å²) in [6.45, 7) is 5.16. The Hall–Kier alpha value is -2.77. The van der Waals surface area contributed by atoms with Gasteiger partial charge in [0, 0.05) is 36.0 Å². The van der Waals surface area contributed by atoms with Crippen LogP contribution in [0, 0.1) is 17.2 Å². The second kappa shape index (κ2) is 11.1. The number of carbonyl (C=O) groups excluding carboxylic acids is 2. The van der Waals surface area contributed by atoms with Gasteiger partial charge in [0.1, 0.15) is 12.0 Å². The molecule has 1 aliphatic rings. The second-order valence-corrected chi connectivity index (χ2v) is 10.1. The molecule has 1 amide bonds. The number of halogens is 2. The Kier molecular flexibility index (Phi) is 8.44. The van der Waals surface area contributed by atoms with E-state index in [1.165, 1.54) is 6.07 Å². The maximum atomic E-state index is 13.9. The normalized spacial score (nSPS) is 19.7. The predicted molar refractivity (Wildman–Crippen MR) is 133 cm³/mol. The average molecular weight is 487 g/mol. The van der Waals surface area contributed by atoms with Gasteiger partial charge in [-0.1, -0.05) is 49.7 Å². The quantitative estimate of drug-likeness (QED) is 0.471. The predicted octanol–water partition coefficient (Wildman–Crippen LogP) is 4.20. The monoisotopic (exact) mass is 486 g/mol. The summed E-state index contributed by atoms with van der Waals surface area (Å²) in [5.74, 6) is -1.29. The Morgan fingerprint density at radius 2 is 1.94 bits per heavy atom. The van der Waals surface area contributed by atoms with Crippen molar-refractivity contribution in [1.82, 2.24) is 4.90 Å². The van der Waals surface area contributed by atoms with Gasteiger partial charge in [0.15, 0.2) is 11.6 Å². The highest BCUT2D eigenvalue weighted by Gasteiger charge is 2.33. The Bertz CT molecular complexity index is 1070. The van der Waals surface area contributed by atoms with Crippen molar-refractivity contribution in [2.24, 2.45) is 27.8 Å². The molecule has 2 aromatic rings. The largest absolute Gasteiger partial charge is 0.381 e. The lowest BCUT2D eigenvalue weighted by Crippen LogP contribution is -2.44. The van der Waals surface area contributed by atoms with Crippen molar-refractivity contribution in [3.63, 3.8) is 0 Å². The highest BCUT2D eigenvalue weighted by molar-refractivity contribution is 6.39. The van der Waals surface area contributed by atoms with E-state index in [-0.39, 0.29) is 41.1 Å². The molecule has 1 saturated heterocycles. The fraction of sp³-hybridized carbons (Fsp3) is 0.423. The van der Waals surface area contributed by atoms with Crippen LogP contribution in [0.5, 0.6) is 0 Å². The molecule has 3 rings (SSSR count). The number of nitrogens with two attached hydrogens (primary N) is 2. The van der Waals surface area contributed by atoms with Crippen LogP contribution in [0.25, 0.3) is 0 Å². The third-order valence-corrected chi connectivity index (χ3v) is 6.44. The van der Waals surface area contributed by atoms with Gasteiger partial charge in [-0.05, 0) is 54.5 Å². The number of aliphatic imine (C=N–C) groups is 1. The van der Waals surface area contributed by atoms with Crippen molar-refractivity contribution in [3.05, 3.63) is 70.5 Å². The number of hydrogen-bond acceptors (Lipinski definition) is 4. The van der Waals surface area contributed by atoms with Gasteiger partial charge in [-0.2, -0.15) is 0 Å². The van der Waals surface area contributed by atoms with E-state index in [2.05, 4.69) is 18.8 Å². The van der Waals surface area contributed by atoms with Gasteiger partial charge in [-0.3, -0.25) is 9.59 Å². The molecule has 4 N–H and O–H groups in total. The molecule has 1 heterocycles. The van der Waals surface area contributed by atoms with Crippen molar-refractivity contribution in [2.45, 2.75) is 45.7 Å². The van der Waals surface area contributed by atoms with Gasteiger partial charge in [-0.15, -0.1) is 0 Å². The number of amides is 1. The van der Waals surface area contributed by atoms with Crippen molar-refractivity contribution in [1.29, 1.82) is 0 Å². The van der Waals surface area contributed by atoms with Crippen molar-refractivity contribution in [3.8, 4) is 0 Å². The molecule has 6 nitrogen and oxygen atoms in total. The van der Waals surface area contributed by atoms with Crippen LogP contribution in [0.4, 0.5) is 4.39 Å². The molecular formula is C26H32ClFN4O2. The summed E-state index contributed by atoms with van der Waals surface area (Å²) in [5, 5.41) is 0.501. The van der Waals surface area contributed by atoms with E-state index in [1.807, 2.05) is 0 Å². The van der Waals surface area contributed by atoms with E-state index in [0.29, 0.717) is 42.1 Å². The smallest absolute Gasteiger partial charge is 0.253 e. The van der Waals surface area contributed by atoms with Gasteiger partial charge < -0.3 is 16.4 Å². The molecule has 0 radical (unpaired) electrons. The zero-order valence-electron chi connectivity index (χ0n) is 19.6. The topological polar surface area (TPSA) is 102 Å². The highest BCUT2D eigenvalue weighted by Crippen LogP contribution is 2.31. The summed E-state index contributed by atoms with van der Waals surface area (Å²) < 4.78 is 13.9. The molecular weight excluding hydrogens is 455 g/mol. The minimum atomic E-state index is -0.827. The van der Waals surface area contributed by atoms with Gasteiger partial charge >= 0.3 is 0 Å². The standard InChI is InChI=1S/C26H32ClFN4O2/c1-26(2)12-10-17(11-13-32(16-26)25(34)19-7-5-8-20(27)14-19)23(33)24(30)31-22(29)15-18-6-3-4-9-21(18)28/h3-9,14,17,22H,10-13,15-16,29H2,1-2H3,(H2,30,31). The Morgan fingerprint density at radius 1 is 1.21 bits per heavy atom. The molecule has 8 heteroatoms. The summed E-state index contributed by atoms with van der Waals surface area (Å²) in [5.41, 5.74) is 12.8. The number of likely N-dealkylation sites (tertiary alicyclic amines) is 1. The molecule has 1 aliphatic heterocycles. The van der Waals surface area contributed by atoms with Crippen LogP contribution in [0.3, 0.4) is 0 Å². The molecule has 1 fully saturated rings. The first-order valence-electron chi connectivity index (χ1n) is 11.5. The van der Waals surface area contributed by atoms with Crippen LogP contribution in [-0.2, 0) is 11.2 Å². The Morgan fingerprint density at radius 3 is 2.65 bits per heavy atom. The summed E-state index contributed by atoms with van der Waals surface area (Å²) in [6.07, 6.45) is 1.17. The molecule has 34 heavy (non-hydrogen) atoms. The van der Waals surface area contributed by atoms with Gasteiger partial charge in [-0.25, -0.2) is 9.38 Å². The maximum absolute atomic E-state index is 13.9. The minimum Gasteiger partial charge on any atom is -0.381 e. The first-order valence-corrected chi connectivity index (χ1v) is 11.8. The summed E-state index contributed by atoms with van der Waals surface area (Å²) in [7, 11) is 0. The van der Waals surface area contributed by atoms with Crippen molar-refractivity contribution >= 4 is 29.1 Å². The number of nitrogens with zero attached hydrogens (tertiary/aromatic N) is 2. The third kappa shape index (κ3) is 6.87. The number of benzene rings is 2. The van der Waals surface area contributed by atoms with Crippen LogP contribution >= 0.6 is 11.6 Å².